The van der Waals surface area contributed by atoms with Crippen molar-refractivity contribution in [2.45, 2.75) is 37.7 Å². The third-order valence-electron chi connectivity index (χ3n) is 4.45. The van der Waals surface area contributed by atoms with E-state index in [9.17, 15) is 18.4 Å². The molecule has 0 spiro atoms. The summed E-state index contributed by atoms with van der Waals surface area (Å²) in [6.07, 6.45) is 1.34. The van der Waals surface area contributed by atoms with Gasteiger partial charge in [0, 0.05) is 19.0 Å². The van der Waals surface area contributed by atoms with Crippen LogP contribution in [-0.2, 0) is 28.1 Å². The summed E-state index contributed by atoms with van der Waals surface area (Å²) in [5.74, 6) is -2.21. The molecule has 1 saturated carbocycles. The lowest BCUT2D eigenvalue weighted by Crippen LogP contribution is -2.42. The predicted octanol–water partition coefficient (Wildman–Crippen LogP) is 1.41. The summed E-state index contributed by atoms with van der Waals surface area (Å²) in [6, 6.07) is 0. The summed E-state index contributed by atoms with van der Waals surface area (Å²) in [5.41, 5.74) is 0. The van der Waals surface area contributed by atoms with Crippen molar-refractivity contribution in [3.8, 4) is 0 Å². The molecular weight excluding hydrogens is 334 g/mol. The van der Waals surface area contributed by atoms with Crippen LogP contribution in [0.3, 0.4) is 0 Å². The largest absolute Gasteiger partial charge is 0.481 e. The van der Waals surface area contributed by atoms with E-state index >= 15 is 0 Å². The number of aromatic nitrogens is 3. The number of aliphatic carboxylic acids is 1. The van der Waals surface area contributed by atoms with Gasteiger partial charge in [-0.25, -0.2) is 0 Å². The number of carbonyl (C=O) groups is 2. The van der Waals surface area contributed by atoms with Crippen molar-refractivity contribution >= 4 is 23.5 Å². The van der Waals surface area contributed by atoms with Gasteiger partial charge in [0.25, 0.3) is 0 Å². The quantitative estimate of drug-likeness (QED) is 0.834. The molecular formula is C13H15ClF2N4O3. The van der Waals surface area contributed by atoms with Crippen molar-refractivity contribution in [2.75, 3.05) is 6.54 Å². The first-order valence-electron chi connectivity index (χ1n) is 7.28. The molecule has 1 N–H and O–H groups in total. The van der Waals surface area contributed by atoms with E-state index in [-0.39, 0.29) is 37.3 Å². The lowest BCUT2D eigenvalue weighted by atomic mass is 10.0. The molecule has 2 aliphatic rings. The minimum atomic E-state index is -3.60. The van der Waals surface area contributed by atoms with Crippen LogP contribution in [0.5, 0.6) is 0 Å². The van der Waals surface area contributed by atoms with Crippen LogP contribution in [-0.4, -0.2) is 43.2 Å². The van der Waals surface area contributed by atoms with Crippen molar-refractivity contribution in [1.29, 1.82) is 0 Å². The van der Waals surface area contributed by atoms with E-state index in [2.05, 4.69) is 10.2 Å². The molecule has 0 radical (unpaired) electrons. The highest BCUT2D eigenvalue weighted by Gasteiger charge is 2.40. The molecule has 2 heterocycles. The van der Waals surface area contributed by atoms with Gasteiger partial charge in [-0.2, -0.15) is 8.78 Å². The summed E-state index contributed by atoms with van der Waals surface area (Å²) in [5, 5.41) is 12.5. The molecule has 0 bridgehead atoms. The third kappa shape index (κ3) is 3.01. The van der Waals surface area contributed by atoms with Crippen LogP contribution in [0.25, 0.3) is 0 Å². The number of alkyl halides is 3. The summed E-state index contributed by atoms with van der Waals surface area (Å²) in [7, 11) is 0. The van der Waals surface area contributed by atoms with Gasteiger partial charge in [0.15, 0.2) is 5.82 Å². The minimum absolute atomic E-state index is 0.0764. The number of amides is 1. The molecule has 1 aromatic rings. The van der Waals surface area contributed by atoms with Gasteiger partial charge in [-0.3, -0.25) is 9.59 Å². The molecule has 7 nitrogen and oxygen atoms in total. The smallest absolute Gasteiger partial charge is 0.381 e. The molecule has 3 rings (SSSR count). The molecule has 1 aromatic heterocycles. The highest BCUT2D eigenvalue weighted by Crippen LogP contribution is 2.34. The average molecular weight is 349 g/mol. The Labute approximate surface area is 135 Å². The second-order valence-electron chi connectivity index (χ2n) is 5.89. The zero-order valence-corrected chi connectivity index (χ0v) is 12.8. The number of carboxylic acids is 1. The fraction of sp³-hybridized carbons (Fsp3) is 0.692. The molecule has 23 heavy (non-hydrogen) atoms. The maximum Gasteiger partial charge on any atom is 0.381 e. The molecule has 2 atom stereocenters. The second kappa shape index (κ2) is 5.70. The van der Waals surface area contributed by atoms with Crippen LogP contribution in [0.2, 0.25) is 0 Å². The summed E-state index contributed by atoms with van der Waals surface area (Å²) >= 11 is 4.99. The van der Waals surface area contributed by atoms with Crippen molar-refractivity contribution in [3.63, 3.8) is 0 Å². The van der Waals surface area contributed by atoms with E-state index in [1.54, 1.807) is 0 Å². The molecule has 126 valence electrons. The van der Waals surface area contributed by atoms with E-state index in [4.69, 9.17) is 16.7 Å². The van der Waals surface area contributed by atoms with Gasteiger partial charge in [-0.1, -0.05) is 0 Å². The van der Waals surface area contributed by atoms with Gasteiger partial charge in [0.2, 0.25) is 11.7 Å². The van der Waals surface area contributed by atoms with Crippen LogP contribution >= 0.6 is 11.6 Å². The lowest BCUT2D eigenvalue weighted by molar-refractivity contribution is -0.142. The standard InChI is InChI=1S/C13H15ClF2N4O3/c14-13(15,16)12-18-17-9-6-19(3-4-20(9)12)10(21)7-1-2-8(5-7)11(22)23/h7-8H,1-6H2,(H,22,23)/t7-,8+/m0/s1. The summed E-state index contributed by atoms with van der Waals surface area (Å²) < 4.78 is 27.6. The number of fused-ring (bicyclic) bond motifs is 1. The highest BCUT2D eigenvalue weighted by atomic mass is 35.5. The zero-order chi connectivity index (χ0) is 16.8. The Morgan fingerprint density at radius 1 is 1.22 bits per heavy atom. The summed E-state index contributed by atoms with van der Waals surface area (Å²) in [6.45, 7) is 0.464. The van der Waals surface area contributed by atoms with Crippen LogP contribution in [0.1, 0.15) is 30.9 Å². The van der Waals surface area contributed by atoms with Gasteiger partial charge < -0.3 is 14.6 Å². The van der Waals surface area contributed by atoms with Gasteiger partial charge in [0.1, 0.15) is 0 Å². The van der Waals surface area contributed by atoms with E-state index in [0.29, 0.717) is 19.3 Å². The van der Waals surface area contributed by atoms with E-state index in [1.807, 2.05) is 0 Å². The molecule has 1 aliphatic heterocycles. The van der Waals surface area contributed by atoms with Crippen molar-refractivity contribution < 1.29 is 23.5 Å². The van der Waals surface area contributed by atoms with Crippen LogP contribution < -0.4 is 0 Å². The molecule has 1 aliphatic carbocycles. The average Bonchev–Trinajstić information content (AvgIpc) is 3.12. The fourth-order valence-corrected chi connectivity index (χ4v) is 3.38. The molecule has 10 heteroatoms. The Bertz CT molecular complexity index is 646. The molecule has 0 unspecified atom stereocenters. The highest BCUT2D eigenvalue weighted by molar-refractivity contribution is 6.21. The van der Waals surface area contributed by atoms with Crippen LogP contribution in [0, 0.1) is 11.8 Å². The minimum Gasteiger partial charge on any atom is -0.481 e. The first-order valence-corrected chi connectivity index (χ1v) is 7.66. The number of halogens is 3. The number of rotatable bonds is 3. The van der Waals surface area contributed by atoms with Crippen molar-refractivity contribution in [1.82, 2.24) is 19.7 Å². The predicted molar refractivity (Wildman–Crippen MR) is 73.7 cm³/mol. The first-order chi connectivity index (χ1) is 10.8. The molecule has 0 saturated heterocycles. The van der Waals surface area contributed by atoms with Crippen molar-refractivity contribution in [2.24, 2.45) is 11.8 Å². The van der Waals surface area contributed by atoms with Gasteiger partial charge in [0.05, 0.1) is 12.5 Å². The van der Waals surface area contributed by atoms with E-state index in [0.717, 1.165) is 0 Å². The van der Waals surface area contributed by atoms with E-state index < -0.39 is 23.1 Å². The number of hydrogen-bond acceptors (Lipinski definition) is 4. The Morgan fingerprint density at radius 2 is 1.91 bits per heavy atom. The number of carboxylic acid groups (broad SMARTS) is 1. The molecule has 0 aromatic carbocycles. The van der Waals surface area contributed by atoms with E-state index in [1.165, 1.54) is 9.47 Å². The maximum absolute atomic E-state index is 13.2. The van der Waals surface area contributed by atoms with Crippen LogP contribution in [0.4, 0.5) is 8.78 Å². The topological polar surface area (TPSA) is 88.3 Å². The number of hydrogen-bond donors (Lipinski definition) is 1. The lowest BCUT2D eigenvalue weighted by Gasteiger charge is -2.30. The number of nitrogens with zero attached hydrogens (tertiary/aromatic N) is 4. The zero-order valence-electron chi connectivity index (χ0n) is 12.1. The SMILES string of the molecule is O=C(O)[C@@H]1CC[C@H](C(=O)N2CCn3c(nnc3C(F)(F)Cl)C2)C1. The Balaban J connectivity index is 1.69. The van der Waals surface area contributed by atoms with Crippen molar-refractivity contribution in [3.05, 3.63) is 11.6 Å². The van der Waals surface area contributed by atoms with Gasteiger partial charge in [-0.15, -0.1) is 10.2 Å². The monoisotopic (exact) mass is 348 g/mol. The molecule has 1 amide bonds. The Morgan fingerprint density at radius 3 is 2.52 bits per heavy atom. The normalized spacial score (nSPS) is 24.6. The fourth-order valence-electron chi connectivity index (χ4n) is 3.24. The maximum atomic E-state index is 13.2. The third-order valence-corrected chi connectivity index (χ3v) is 4.62. The van der Waals surface area contributed by atoms with Gasteiger partial charge in [-0.05, 0) is 30.9 Å². The van der Waals surface area contributed by atoms with Crippen LogP contribution in [0.15, 0.2) is 0 Å². The molecule has 1 fully saturated rings. The number of carbonyl (C=O) groups excluding carboxylic acids is 1. The second-order valence-corrected chi connectivity index (χ2v) is 6.37. The Hall–Kier alpha value is -1.77. The van der Waals surface area contributed by atoms with Gasteiger partial charge >= 0.3 is 11.4 Å². The summed E-state index contributed by atoms with van der Waals surface area (Å²) in [4.78, 5) is 25.0. The Kier molecular flexibility index (Phi) is 3.99. The first kappa shape index (κ1) is 16.1.